The van der Waals surface area contributed by atoms with Gasteiger partial charge in [0.25, 0.3) is 0 Å². The van der Waals surface area contributed by atoms with Gasteiger partial charge in [-0.2, -0.15) is 0 Å². The minimum Gasteiger partial charge on any atom is -0.493 e. The normalized spacial score (nSPS) is 13.6. The highest BCUT2D eigenvalue weighted by atomic mass is 32.2. The molecule has 1 aliphatic rings. The van der Waals surface area contributed by atoms with Crippen molar-refractivity contribution in [2.45, 2.75) is 25.0 Å². The number of rotatable bonds is 5. The fourth-order valence-corrected chi connectivity index (χ4v) is 3.08. The second-order valence-electron chi connectivity index (χ2n) is 4.81. The van der Waals surface area contributed by atoms with Gasteiger partial charge in [0, 0.05) is 12.0 Å². The third-order valence-electron chi connectivity index (χ3n) is 3.38. The minimum atomic E-state index is 0.110. The number of hydrogen-bond acceptors (Lipinski definition) is 7. The van der Waals surface area contributed by atoms with Crippen molar-refractivity contribution in [3.8, 4) is 28.6 Å². The summed E-state index contributed by atoms with van der Waals surface area (Å²) in [7, 11) is 3.14. The zero-order valence-corrected chi connectivity index (χ0v) is 14.0. The van der Waals surface area contributed by atoms with E-state index in [0.717, 1.165) is 17.3 Å². The molecule has 122 valence electrons. The molecule has 3 rings (SSSR count). The number of fused-ring (bicyclic) bond motifs is 1. The molecule has 0 amide bonds. The number of hydrogen-bond donors (Lipinski definition) is 0. The Labute approximate surface area is 137 Å². The molecule has 1 aliphatic heterocycles. The van der Waals surface area contributed by atoms with Crippen LogP contribution in [0, 0.1) is 0 Å². The van der Waals surface area contributed by atoms with E-state index in [4.69, 9.17) is 14.2 Å². The lowest BCUT2D eigenvalue weighted by Gasteiger charge is -2.14. The third-order valence-corrected chi connectivity index (χ3v) is 4.29. The standard InChI is InChI=1S/C15H17N3O4S/c1-4-22-13-10(20-2)7-9(8-11(13)21-3)14-16-15-18(17-14)6-5-12(19)23-15/h7-8H,4-6H2,1-3H3. The van der Waals surface area contributed by atoms with Crippen LogP contribution >= 0.6 is 11.8 Å². The highest BCUT2D eigenvalue weighted by molar-refractivity contribution is 8.13. The van der Waals surface area contributed by atoms with Crippen molar-refractivity contribution in [2.75, 3.05) is 20.8 Å². The molecular formula is C15H17N3O4S. The maximum Gasteiger partial charge on any atom is 0.203 e. The van der Waals surface area contributed by atoms with Crippen molar-refractivity contribution < 1.29 is 19.0 Å². The van der Waals surface area contributed by atoms with Crippen molar-refractivity contribution in [3.05, 3.63) is 12.1 Å². The summed E-state index contributed by atoms with van der Waals surface area (Å²) in [6.45, 7) is 2.95. The van der Waals surface area contributed by atoms with Crippen LogP contribution in [0.2, 0.25) is 0 Å². The van der Waals surface area contributed by atoms with Crippen molar-refractivity contribution in [1.29, 1.82) is 0 Å². The zero-order valence-electron chi connectivity index (χ0n) is 13.2. The van der Waals surface area contributed by atoms with Crippen LogP contribution in [0.4, 0.5) is 0 Å². The van der Waals surface area contributed by atoms with Gasteiger partial charge in [-0.05, 0) is 30.8 Å². The van der Waals surface area contributed by atoms with E-state index in [9.17, 15) is 4.79 Å². The van der Waals surface area contributed by atoms with Gasteiger partial charge in [0.05, 0.1) is 27.4 Å². The van der Waals surface area contributed by atoms with Gasteiger partial charge in [-0.15, -0.1) is 5.10 Å². The van der Waals surface area contributed by atoms with Gasteiger partial charge in [-0.25, -0.2) is 9.67 Å². The molecule has 0 fully saturated rings. The van der Waals surface area contributed by atoms with Crippen molar-refractivity contribution in [1.82, 2.24) is 14.8 Å². The molecule has 0 spiro atoms. The molecule has 0 atom stereocenters. The van der Waals surface area contributed by atoms with E-state index in [0.29, 0.717) is 47.8 Å². The Hall–Kier alpha value is -2.22. The Kier molecular flexibility index (Phi) is 4.42. The summed E-state index contributed by atoms with van der Waals surface area (Å²) < 4.78 is 18.1. The zero-order chi connectivity index (χ0) is 16.4. The van der Waals surface area contributed by atoms with Crippen molar-refractivity contribution in [2.24, 2.45) is 0 Å². The smallest absolute Gasteiger partial charge is 0.203 e. The van der Waals surface area contributed by atoms with Crippen LogP contribution in [0.15, 0.2) is 17.3 Å². The number of carbonyl (C=O) groups is 1. The van der Waals surface area contributed by atoms with E-state index in [2.05, 4.69) is 10.1 Å². The number of thioether (sulfide) groups is 1. The first-order valence-electron chi connectivity index (χ1n) is 7.21. The number of methoxy groups -OCH3 is 2. The minimum absolute atomic E-state index is 0.110. The molecule has 0 saturated carbocycles. The average molecular weight is 335 g/mol. The Morgan fingerprint density at radius 3 is 2.57 bits per heavy atom. The van der Waals surface area contributed by atoms with E-state index in [-0.39, 0.29) is 5.12 Å². The Morgan fingerprint density at radius 1 is 1.26 bits per heavy atom. The van der Waals surface area contributed by atoms with Crippen LogP contribution in [-0.2, 0) is 11.3 Å². The highest BCUT2D eigenvalue weighted by Crippen LogP contribution is 2.41. The van der Waals surface area contributed by atoms with Gasteiger partial charge in [0.1, 0.15) is 0 Å². The van der Waals surface area contributed by atoms with Crippen LogP contribution < -0.4 is 14.2 Å². The van der Waals surface area contributed by atoms with Crippen molar-refractivity contribution >= 4 is 16.9 Å². The maximum atomic E-state index is 11.5. The van der Waals surface area contributed by atoms with Gasteiger partial charge in [-0.3, -0.25) is 4.79 Å². The fraction of sp³-hybridized carbons (Fsp3) is 0.400. The van der Waals surface area contributed by atoms with Gasteiger partial charge in [-0.1, -0.05) is 0 Å². The molecule has 23 heavy (non-hydrogen) atoms. The predicted octanol–water partition coefficient (Wildman–Crippen LogP) is 2.38. The second-order valence-corrected chi connectivity index (χ2v) is 5.83. The molecule has 8 heteroatoms. The van der Waals surface area contributed by atoms with Crippen LogP contribution in [-0.4, -0.2) is 40.7 Å². The molecule has 0 saturated heterocycles. The summed E-state index contributed by atoms with van der Waals surface area (Å²) in [5.74, 6) is 2.19. The van der Waals surface area contributed by atoms with Gasteiger partial charge < -0.3 is 14.2 Å². The molecule has 0 radical (unpaired) electrons. The number of ether oxygens (including phenoxy) is 3. The largest absolute Gasteiger partial charge is 0.493 e. The van der Waals surface area contributed by atoms with E-state index >= 15 is 0 Å². The molecule has 0 bridgehead atoms. The number of aromatic nitrogens is 3. The quantitative estimate of drug-likeness (QED) is 0.830. The molecule has 0 unspecified atom stereocenters. The fourth-order valence-electron chi connectivity index (χ4n) is 2.32. The van der Waals surface area contributed by atoms with E-state index in [1.807, 2.05) is 6.92 Å². The van der Waals surface area contributed by atoms with Gasteiger partial charge in [0.15, 0.2) is 27.6 Å². The summed E-state index contributed by atoms with van der Waals surface area (Å²) in [5, 5.41) is 5.19. The molecule has 1 aromatic carbocycles. The lowest BCUT2D eigenvalue weighted by atomic mass is 10.1. The Bertz CT molecular complexity index is 719. The molecule has 1 aromatic heterocycles. The maximum absolute atomic E-state index is 11.5. The molecule has 7 nitrogen and oxygen atoms in total. The van der Waals surface area contributed by atoms with Gasteiger partial charge >= 0.3 is 0 Å². The first-order chi connectivity index (χ1) is 11.2. The van der Waals surface area contributed by atoms with E-state index in [1.165, 1.54) is 0 Å². The molecule has 0 N–H and O–H groups in total. The number of carbonyl (C=O) groups excluding carboxylic acids is 1. The van der Waals surface area contributed by atoms with Crippen LogP contribution in [0.1, 0.15) is 13.3 Å². The number of aryl methyl sites for hydroxylation is 1. The first-order valence-corrected chi connectivity index (χ1v) is 8.02. The monoisotopic (exact) mass is 335 g/mol. The summed E-state index contributed by atoms with van der Waals surface area (Å²) in [6, 6.07) is 3.61. The van der Waals surface area contributed by atoms with Crippen LogP contribution in [0.3, 0.4) is 0 Å². The lowest BCUT2D eigenvalue weighted by Crippen LogP contribution is -2.12. The van der Waals surface area contributed by atoms with E-state index in [1.54, 1.807) is 31.0 Å². The Morgan fingerprint density at radius 2 is 1.96 bits per heavy atom. The molecular weight excluding hydrogens is 318 g/mol. The summed E-state index contributed by atoms with van der Waals surface area (Å²) in [4.78, 5) is 16.0. The van der Waals surface area contributed by atoms with E-state index < -0.39 is 0 Å². The number of benzene rings is 1. The lowest BCUT2D eigenvalue weighted by molar-refractivity contribution is -0.111. The summed E-state index contributed by atoms with van der Waals surface area (Å²) in [5.41, 5.74) is 0.747. The molecule has 2 aromatic rings. The summed E-state index contributed by atoms with van der Waals surface area (Å²) in [6.07, 6.45) is 0.469. The summed E-state index contributed by atoms with van der Waals surface area (Å²) >= 11 is 1.12. The molecule has 2 heterocycles. The average Bonchev–Trinajstić information content (AvgIpc) is 2.98. The van der Waals surface area contributed by atoms with Crippen LogP contribution in [0.25, 0.3) is 11.4 Å². The van der Waals surface area contributed by atoms with Gasteiger partial charge in [0.2, 0.25) is 5.75 Å². The molecule has 0 aliphatic carbocycles. The second kappa shape index (κ2) is 6.49. The van der Waals surface area contributed by atoms with Crippen molar-refractivity contribution in [3.63, 3.8) is 0 Å². The Balaban J connectivity index is 2.04. The SMILES string of the molecule is CCOc1c(OC)cc(-c2nc3n(n2)CCC(=O)S3)cc1OC. The highest BCUT2D eigenvalue weighted by Gasteiger charge is 2.22. The predicted molar refractivity (Wildman–Crippen MR) is 85.2 cm³/mol. The third kappa shape index (κ3) is 2.98. The topological polar surface area (TPSA) is 75.5 Å². The number of nitrogens with zero attached hydrogens (tertiary/aromatic N) is 3. The van der Waals surface area contributed by atoms with Crippen LogP contribution in [0.5, 0.6) is 17.2 Å². The first kappa shape index (κ1) is 15.7.